The maximum atomic E-state index is 12.1. The van der Waals surface area contributed by atoms with Crippen molar-refractivity contribution in [2.45, 2.75) is 4.90 Å². The van der Waals surface area contributed by atoms with Crippen LogP contribution in [0.15, 0.2) is 52.1 Å². The molecule has 94 valence electrons. The number of halogens is 1. The molecule has 0 aliphatic carbocycles. The summed E-state index contributed by atoms with van der Waals surface area (Å²) in [5.41, 5.74) is 6.22. The predicted molar refractivity (Wildman–Crippen MR) is 73.6 cm³/mol. The van der Waals surface area contributed by atoms with Gasteiger partial charge < -0.3 is 5.73 Å². The molecule has 18 heavy (non-hydrogen) atoms. The number of pyridine rings is 1. The second-order valence-corrected chi connectivity index (χ2v) is 6.12. The van der Waals surface area contributed by atoms with E-state index in [9.17, 15) is 8.42 Å². The van der Waals surface area contributed by atoms with E-state index in [0.29, 0.717) is 10.2 Å². The van der Waals surface area contributed by atoms with Crippen molar-refractivity contribution < 1.29 is 8.42 Å². The van der Waals surface area contributed by atoms with Gasteiger partial charge in [-0.3, -0.25) is 9.71 Å². The van der Waals surface area contributed by atoms with Crippen LogP contribution in [0.3, 0.4) is 0 Å². The monoisotopic (exact) mass is 327 g/mol. The van der Waals surface area contributed by atoms with Crippen molar-refractivity contribution in [1.82, 2.24) is 4.98 Å². The van der Waals surface area contributed by atoms with Crippen LogP contribution in [-0.2, 0) is 10.0 Å². The van der Waals surface area contributed by atoms with Gasteiger partial charge >= 0.3 is 0 Å². The van der Waals surface area contributed by atoms with Crippen LogP contribution in [0.2, 0.25) is 0 Å². The predicted octanol–water partition coefficient (Wildman–Crippen LogP) is 2.23. The second-order valence-electron chi connectivity index (χ2n) is 3.53. The largest absolute Gasteiger partial charge is 0.396 e. The molecule has 0 saturated heterocycles. The minimum atomic E-state index is -3.65. The van der Waals surface area contributed by atoms with Crippen LogP contribution in [-0.4, -0.2) is 13.4 Å². The number of hydrogen-bond acceptors (Lipinski definition) is 4. The zero-order chi connectivity index (χ0) is 13.2. The van der Waals surface area contributed by atoms with Crippen molar-refractivity contribution in [3.05, 3.63) is 47.2 Å². The van der Waals surface area contributed by atoms with Crippen LogP contribution in [0.4, 0.5) is 11.4 Å². The Balaban J connectivity index is 2.37. The number of nitrogen functional groups attached to an aromatic ring is 1. The first-order valence-electron chi connectivity index (χ1n) is 4.97. The molecule has 3 N–H and O–H groups in total. The fraction of sp³-hybridized carbons (Fsp3) is 0. The Labute approximate surface area is 113 Å². The molecule has 0 spiro atoms. The Hall–Kier alpha value is -1.60. The van der Waals surface area contributed by atoms with Gasteiger partial charge in [-0.2, -0.15) is 0 Å². The minimum Gasteiger partial charge on any atom is -0.396 e. The third kappa shape index (κ3) is 2.80. The van der Waals surface area contributed by atoms with Crippen molar-refractivity contribution in [2.75, 3.05) is 10.5 Å². The molecule has 0 aliphatic rings. The van der Waals surface area contributed by atoms with Gasteiger partial charge in [-0.1, -0.05) is 22.0 Å². The number of rotatable bonds is 3. The lowest BCUT2D eigenvalue weighted by molar-refractivity contribution is 0.601. The molecular formula is C11H10BrN3O2S. The number of nitrogens with zero attached hydrogens (tertiary/aromatic N) is 1. The number of sulfonamides is 1. The van der Waals surface area contributed by atoms with Crippen molar-refractivity contribution in [2.24, 2.45) is 0 Å². The van der Waals surface area contributed by atoms with E-state index in [1.54, 1.807) is 12.1 Å². The van der Waals surface area contributed by atoms with Crippen LogP contribution < -0.4 is 10.5 Å². The van der Waals surface area contributed by atoms with E-state index in [0.717, 1.165) is 0 Å². The average Bonchev–Trinajstić information content (AvgIpc) is 2.32. The third-order valence-electron chi connectivity index (χ3n) is 2.20. The van der Waals surface area contributed by atoms with E-state index in [1.165, 1.54) is 30.6 Å². The molecule has 1 aromatic carbocycles. The summed E-state index contributed by atoms with van der Waals surface area (Å²) in [6.07, 6.45) is 2.86. The molecule has 1 aromatic heterocycles. The second kappa shape index (κ2) is 4.95. The zero-order valence-corrected chi connectivity index (χ0v) is 11.6. The van der Waals surface area contributed by atoms with Gasteiger partial charge in [0, 0.05) is 10.7 Å². The number of benzene rings is 1. The van der Waals surface area contributed by atoms with Crippen LogP contribution in [0.1, 0.15) is 0 Å². The quantitative estimate of drug-likeness (QED) is 0.905. The van der Waals surface area contributed by atoms with Gasteiger partial charge in [-0.15, -0.1) is 0 Å². The van der Waals surface area contributed by atoms with Gasteiger partial charge in [0.25, 0.3) is 10.0 Å². The summed E-state index contributed by atoms with van der Waals surface area (Å²) in [4.78, 5) is 3.95. The first-order valence-corrected chi connectivity index (χ1v) is 7.24. The van der Waals surface area contributed by atoms with E-state index >= 15 is 0 Å². The zero-order valence-electron chi connectivity index (χ0n) is 9.17. The number of nitrogens with one attached hydrogen (secondary N) is 1. The highest BCUT2D eigenvalue weighted by Gasteiger charge is 2.15. The molecule has 0 unspecified atom stereocenters. The Morgan fingerprint density at radius 1 is 1.28 bits per heavy atom. The van der Waals surface area contributed by atoms with Crippen molar-refractivity contribution in [3.63, 3.8) is 0 Å². The van der Waals surface area contributed by atoms with Gasteiger partial charge in [0.2, 0.25) is 0 Å². The number of aromatic nitrogens is 1. The van der Waals surface area contributed by atoms with Crippen LogP contribution in [0.25, 0.3) is 0 Å². The first kappa shape index (κ1) is 12.8. The first-order chi connectivity index (χ1) is 8.49. The lowest BCUT2D eigenvalue weighted by Crippen LogP contribution is -2.14. The Morgan fingerprint density at radius 2 is 2.06 bits per heavy atom. The van der Waals surface area contributed by atoms with Gasteiger partial charge in [-0.25, -0.2) is 8.42 Å². The lowest BCUT2D eigenvalue weighted by atomic mass is 10.4. The summed E-state index contributed by atoms with van der Waals surface area (Å²) >= 11 is 3.23. The maximum absolute atomic E-state index is 12.1. The van der Waals surface area contributed by atoms with Gasteiger partial charge in [0.15, 0.2) is 0 Å². The average molecular weight is 328 g/mol. The highest BCUT2D eigenvalue weighted by molar-refractivity contribution is 9.10. The summed E-state index contributed by atoms with van der Waals surface area (Å²) in [6, 6.07) is 7.92. The molecule has 0 fully saturated rings. The van der Waals surface area contributed by atoms with Crippen LogP contribution in [0.5, 0.6) is 0 Å². The number of hydrogen-bond donors (Lipinski definition) is 2. The molecule has 7 heteroatoms. The molecule has 0 saturated carbocycles. The van der Waals surface area contributed by atoms with Gasteiger partial charge in [0.1, 0.15) is 0 Å². The molecule has 2 aromatic rings. The van der Waals surface area contributed by atoms with E-state index in [2.05, 4.69) is 25.6 Å². The smallest absolute Gasteiger partial charge is 0.262 e. The van der Waals surface area contributed by atoms with Gasteiger partial charge in [0.05, 0.1) is 22.5 Å². The Bertz CT molecular complexity index is 673. The van der Waals surface area contributed by atoms with E-state index < -0.39 is 10.0 Å². The molecule has 0 amide bonds. The van der Waals surface area contributed by atoms with Gasteiger partial charge in [-0.05, 0) is 24.3 Å². The van der Waals surface area contributed by atoms with E-state index in [1.807, 2.05) is 0 Å². The SMILES string of the molecule is Nc1cnccc1NS(=O)(=O)c1cccc(Br)c1. The highest BCUT2D eigenvalue weighted by atomic mass is 79.9. The molecular weight excluding hydrogens is 318 g/mol. The molecule has 5 nitrogen and oxygen atoms in total. The standard InChI is InChI=1S/C11H10BrN3O2S/c12-8-2-1-3-9(6-8)18(16,17)15-11-4-5-14-7-10(11)13/h1-7H,13H2,(H,14,15). The van der Waals surface area contributed by atoms with E-state index in [4.69, 9.17) is 5.73 Å². The van der Waals surface area contributed by atoms with Crippen LogP contribution >= 0.6 is 15.9 Å². The topological polar surface area (TPSA) is 85.1 Å². The molecule has 0 radical (unpaired) electrons. The molecule has 0 aliphatic heterocycles. The minimum absolute atomic E-state index is 0.160. The van der Waals surface area contributed by atoms with Crippen molar-refractivity contribution in [1.29, 1.82) is 0 Å². The normalized spacial score (nSPS) is 11.2. The summed E-state index contributed by atoms with van der Waals surface area (Å²) in [5, 5.41) is 0. The summed E-state index contributed by atoms with van der Waals surface area (Å²) in [6.45, 7) is 0. The Morgan fingerprint density at radius 3 is 2.72 bits per heavy atom. The lowest BCUT2D eigenvalue weighted by Gasteiger charge is -2.09. The Kier molecular flexibility index (Phi) is 3.53. The molecule has 0 atom stereocenters. The molecule has 1 heterocycles. The summed E-state index contributed by atoms with van der Waals surface area (Å²) in [5.74, 6) is 0. The highest BCUT2D eigenvalue weighted by Crippen LogP contribution is 2.22. The van der Waals surface area contributed by atoms with Crippen LogP contribution in [0, 0.1) is 0 Å². The summed E-state index contributed by atoms with van der Waals surface area (Å²) < 4.78 is 27.3. The summed E-state index contributed by atoms with van der Waals surface area (Å²) in [7, 11) is -3.65. The van der Waals surface area contributed by atoms with Crippen molar-refractivity contribution >= 4 is 37.3 Å². The maximum Gasteiger partial charge on any atom is 0.262 e. The number of nitrogens with two attached hydrogens (primary N) is 1. The number of anilines is 2. The van der Waals surface area contributed by atoms with Crippen molar-refractivity contribution in [3.8, 4) is 0 Å². The molecule has 0 bridgehead atoms. The molecule has 2 rings (SSSR count). The fourth-order valence-corrected chi connectivity index (χ4v) is 3.02. The van der Waals surface area contributed by atoms with E-state index in [-0.39, 0.29) is 10.6 Å². The third-order valence-corrected chi connectivity index (χ3v) is 4.06. The fourth-order valence-electron chi connectivity index (χ4n) is 1.34.